The van der Waals surface area contributed by atoms with E-state index in [1.54, 1.807) is 0 Å². The fourth-order valence-electron chi connectivity index (χ4n) is 0.920. The van der Waals surface area contributed by atoms with Gasteiger partial charge in [0.1, 0.15) is 0 Å². The second-order valence-electron chi connectivity index (χ2n) is 3.03. The molecule has 1 unspecified atom stereocenters. The third-order valence-corrected chi connectivity index (χ3v) is 2.97. The Kier molecular flexibility index (Phi) is 12.9. The predicted molar refractivity (Wildman–Crippen MR) is 76.5 cm³/mol. The molecule has 1 N–H and O–H groups in total. The van der Waals surface area contributed by atoms with Crippen LogP contribution in [-0.2, 0) is 9.32 Å². The Morgan fingerprint density at radius 2 is 2.24 bits per heavy atom. The van der Waals surface area contributed by atoms with Crippen LogP contribution in [0.4, 0.5) is 0 Å². The topological polar surface area (TPSA) is 38.3 Å². The molecule has 0 amide bonds. The highest BCUT2D eigenvalue weighted by atomic mass is 32.2. The van der Waals surface area contributed by atoms with Crippen molar-refractivity contribution >= 4 is 27.2 Å². The number of hydrogen-bond donors (Lipinski definition) is 1. The van der Waals surface area contributed by atoms with E-state index in [1.807, 2.05) is 21.2 Å². The maximum absolute atomic E-state index is 10.6. The molecule has 0 saturated carbocycles. The summed E-state index contributed by atoms with van der Waals surface area (Å²) in [5.74, 6) is 11.8. The largest absolute Gasteiger partial charge is 0.442 e. The molecule has 0 fully saturated rings. The van der Waals surface area contributed by atoms with Crippen molar-refractivity contribution in [2.75, 3.05) is 24.6 Å². The first-order chi connectivity index (χ1) is 8.31. The number of rotatable bonds is 7. The van der Waals surface area contributed by atoms with Crippen LogP contribution in [0.5, 0.6) is 0 Å². The summed E-state index contributed by atoms with van der Waals surface area (Å²) in [4.78, 5) is 10.6. The van der Waals surface area contributed by atoms with E-state index in [0.29, 0.717) is 0 Å². The molecule has 0 spiro atoms. The Morgan fingerprint density at radius 1 is 1.41 bits per heavy atom. The minimum Gasteiger partial charge on any atom is -0.442 e. The first kappa shape index (κ1) is 16.3. The number of nitrogens with one attached hydrogen (secondary N) is 1. The minimum atomic E-state index is -0.581. The van der Waals surface area contributed by atoms with E-state index in [9.17, 15) is 4.79 Å². The highest BCUT2D eigenvalue weighted by Crippen LogP contribution is 2.02. The summed E-state index contributed by atoms with van der Waals surface area (Å²) < 4.78 is 4.27. The van der Waals surface area contributed by atoms with Crippen LogP contribution in [0.3, 0.4) is 0 Å². The lowest BCUT2D eigenvalue weighted by Gasteiger charge is -1.99. The molecule has 0 heterocycles. The van der Waals surface area contributed by atoms with E-state index in [0.717, 1.165) is 31.0 Å². The molecule has 94 valence electrons. The maximum Gasteiger partial charge on any atom is 0.387 e. The van der Waals surface area contributed by atoms with Crippen LogP contribution in [0, 0.1) is 23.7 Å². The van der Waals surface area contributed by atoms with Gasteiger partial charge in [0.15, 0.2) is 0 Å². The smallest absolute Gasteiger partial charge is 0.387 e. The predicted octanol–water partition coefficient (Wildman–Crippen LogP) is 1.45. The Morgan fingerprint density at radius 3 is 2.94 bits per heavy atom. The number of carbonyl (C=O) groups is 1. The Hall–Kier alpha value is -0.670. The van der Waals surface area contributed by atoms with E-state index in [2.05, 4.69) is 40.4 Å². The zero-order valence-corrected chi connectivity index (χ0v) is 12.0. The zero-order valence-electron chi connectivity index (χ0n) is 10.0. The van der Waals surface area contributed by atoms with E-state index in [-0.39, 0.29) is 0 Å². The van der Waals surface area contributed by atoms with Gasteiger partial charge < -0.3 is 9.84 Å². The lowest BCUT2D eigenvalue weighted by molar-refractivity contribution is -0.126. The Bertz CT molecular complexity index is 325. The van der Waals surface area contributed by atoms with Crippen LogP contribution < -0.4 is 5.32 Å². The first-order valence-electron chi connectivity index (χ1n) is 5.49. The molecule has 0 rings (SSSR count). The summed E-state index contributed by atoms with van der Waals surface area (Å²) in [5.41, 5.74) is 0. The molecule has 3 nitrogen and oxygen atoms in total. The molecule has 0 aliphatic carbocycles. The fourth-order valence-corrected chi connectivity index (χ4v) is 1.78. The van der Waals surface area contributed by atoms with Crippen molar-refractivity contribution in [2.24, 2.45) is 0 Å². The highest BCUT2D eigenvalue weighted by molar-refractivity contribution is 7.99. The molecule has 0 bridgehead atoms. The van der Waals surface area contributed by atoms with Crippen LogP contribution in [0.25, 0.3) is 0 Å². The fraction of sp³-hybridized carbons (Fsp3) is 0.583. The standard InChI is InChI=1S/C12H18NO2PS/c1-2-13-9-7-11-17-10-6-4-3-5-8-12(14)15-16/h13H,2,6-7,9-11,16H2,1H3. The van der Waals surface area contributed by atoms with Crippen LogP contribution in [0.1, 0.15) is 19.8 Å². The molecule has 0 radical (unpaired) electrons. The van der Waals surface area contributed by atoms with Crippen molar-refractivity contribution in [1.82, 2.24) is 5.32 Å². The van der Waals surface area contributed by atoms with Gasteiger partial charge in [-0.1, -0.05) is 12.8 Å². The molecule has 17 heavy (non-hydrogen) atoms. The van der Waals surface area contributed by atoms with Crippen LogP contribution in [-0.4, -0.2) is 30.6 Å². The SMILES string of the molecule is CCNCCCSCCC#CC#CC(=O)OP. The number of thioether (sulfide) groups is 1. The average Bonchev–Trinajstić information content (AvgIpc) is 2.35. The van der Waals surface area contributed by atoms with Gasteiger partial charge in [-0.25, -0.2) is 4.79 Å². The minimum absolute atomic E-state index is 0.581. The lowest BCUT2D eigenvalue weighted by Crippen LogP contribution is -2.14. The third kappa shape index (κ3) is 13.3. The van der Waals surface area contributed by atoms with Crippen molar-refractivity contribution in [3.8, 4) is 23.7 Å². The summed E-state index contributed by atoms with van der Waals surface area (Å²) in [6.07, 6.45) is 1.99. The van der Waals surface area contributed by atoms with E-state index in [1.165, 1.54) is 6.42 Å². The van der Waals surface area contributed by atoms with Crippen molar-refractivity contribution in [3.63, 3.8) is 0 Å². The first-order valence-corrected chi connectivity index (χ1v) is 7.12. The van der Waals surface area contributed by atoms with Gasteiger partial charge in [0.05, 0.1) is 9.47 Å². The van der Waals surface area contributed by atoms with E-state index >= 15 is 0 Å². The van der Waals surface area contributed by atoms with Crippen molar-refractivity contribution in [2.45, 2.75) is 19.8 Å². The second-order valence-corrected chi connectivity index (χ2v) is 4.49. The van der Waals surface area contributed by atoms with E-state index in [4.69, 9.17) is 0 Å². The molecular formula is C12H18NO2PS. The zero-order chi connectivity index (χ0) is 12.8. The van der Waals surface area contributed by atoms with Gasteiger partial charge in [0.25, 0.3) is 0 Å². The van der Waals surface area contributed by atoms with Gasteiger partial charge in [-0.3, -0.25) is 0 Å². The third-order valence-electron chi connectivity index (χ3n) is 1.69. The molecule has 0 aliphatic rings. The Balaban J connectivity index is 3.35. The van der Waals surface area contributed by atoms with E-state index < -0.39 is 5.97 Å². The summed E-state index contributed by atoms with van der Waals surface area (Å²) in [7, 11) is 1.85. The molecular weight excluding hydrogens is 253 g/mol. The van der Waals surface area contributed by atoms with Crippen molar-refractivity contribution in [1.29, 1.82) is 0 Å². The quantitative estimate of drug-likeness (QED) is 0.432. The summed E-state index contributed by atoms with van der Waals surface area (Å²) in [6, 6.07) is 0. The van der Waals surface area contributed by atoms with Crippen molar-refractivity contribution < 1.29 is 9.32 Å². The van der Waals surface area contributed by atoms with Crippen LogP contribution >= 0.6 is 21.2 Å². The van der Waals surface area contributed by atoms with Gasteiger partial charge in [-0.05, 0) is 37.1 Å². The molecule has 0 aromatic heterocycles. The molecule has 0 aliphatic heterocycles. The Labute approximate surface area is 110 Å². The molecule has 0 saturated heterocycles. The molecule has 5 heteroatoms. The average molecular weight is 271 g/mol. The lowest BCUT2D eigenvalue weighted by atomic mass is 10.4. The number of carbonyl (C=O) groups excluding carboxylic acids is 1. The molecule has 0 aromatic rings. The van der Waals surface area contributed by atoms with Crippen LogP contribution in [0.15, 0.2) is 0 Å². The monoisotopic (exact) mass is 271 g/mol. The van der Waals surface area contributed by atoms with Gasteiger partial charge in [0.2, 0.25) is 0 Å². The maximum atomic E-state index is 10.6. The summed E-state index contributed by atoms with van der Waals surface area (Å²) in [6.45, 7) is 4.22. The van der Waals surface area contributed by atoms with Crippen molar-refractivity contribution in [3.05, 3.63) is 0 Å². The normalized spacial score (nSPS) is 8.59. The van der Waals surface area contributed by atoms with Crippen LogP contribution in [0.2, 0.25) is 0 Å². The second kappa shape index (κ2) is 13.4. The highest BCUT2D eigenvalue weighted by Gasteiger charge is 1.88. The van der Waals surface area contributed by atoms with Gasteiger partial charge in [-0.15, -0.1) is 0 Å². The summed E-state index contributed by atoms with van der Waals surface area (Å²) >= 11 is 1.89. The summed E-state index contributed by atoms with van der Waals surface area (Å²) in [5, 5.41) is 3.28. The molecule has 1 atom stereocenters. The van der Waals surface area contributed by atoms with Gasteiger partial charge in [-0.2, -0.15) is 11.8 Å². The van der Waals surface area contributed by atoms with Gasteiger partial charge >= 0.3 is 5.97 Å². The van der Waals surface area contributed by atoms with Gasteiger partial charge in [0, 0.05) is 18.1 Å². The molecule has 0 aromatic carbocycles. The number of hydrogen-bond acceptors (Lipinski definition) is 4.